The molecule has 2 rings (SSSR count). The van der Waals surface area contributed by atoms with Crippen LogP contribution in [0.2, 0.25) is 0 Å². The lowest BCUT2D eigenvalue weighted by molar-refractivity contribution is 0.468. The van der Waals surface area contributed by atoms with Gasteiger partial charge in [-0.25, -0.2) is 8.78 Å². The molecule has 2 aromatic carbocycles. The minimum absolute atomic E-state index is 0.00631. The maximum absolute atomic E-state index is 14.4. The van der Waals surface area contributed by atoms with E-state index in [2.05, 4.69) is 21.2 Å². The normalized spacial score (nSPS) is 12.4. The SMILES string of the molecule is CC(c1ccc(Br)cc1)c1ccc(CCNCCF)cc1F. The highest BCUT2D eigenvalue weighted by atomic mass is 79.9. The van der Waals surface area contributed by atoms with E-state index < -0.39 is 0 Å². The van der Waals surface area contributed by atoms with Crippen LogP contribution in [0.4, 0.5) is 8.78 Å². The third-order valence-corrected chi connectivity index (χ3v) is 4.29. The van der Waals surface area contributed by atoms with Gasteiger partial charge in [0.2, 0.25) is 0 Å². The molecule has 22 heavy (non-hydrogen) atoms. The summed E-state index contributed by atoms with van der Waals surface area (Å²) < 4.78 is 27.4. The van der Waals surface area contributed by atoms with Crippen molar-refractivity contribution in [3.8, 4) is 0 Å². The van der Waals surface area contributed by atoms with E-state index >= 15 is 0 Å². The molecule has 0 bridgehead atoms. The average Bonchev–Trinajstić information content (AvgIpc) is 2.52. The van der Waals surface area contributed by atoms with E-state index in [-0.39, 0.29) is 18.4 Å². The summed E-state index contributed by atoms with van der Waals surface area (Å²) >= 11 is 3.41. The molecule has 2 aromatic rings. The average molecular weight is 368 g/mol. The Kier molecular flexibility index (Phi) is 6.52. The molecular formula is C18H20BrF2N. The highest BCUT2D eigenvalue weighted by Gasteiger charge is 2.13. The largest absolute Gasteiger partial charge is 0.314 e. The van der Waals surface area contributed by atoms with Gasteiger partial charge in [0.1, 0.15) is 12.5 Å². The van der Waals surface area contributed by atoms with Crippen molar-refractivity contribution in [1.29, 1.82) is 0 Å². The molecule has 0 saturated heterocycles. The van der Waals surface area contributed by atoms with Crippen molar-refractivity contribution in [2.75, 3.05) is 19.8 Å². The predicted octanol–water partition coefficient (Wildman–Crippen LogP) is 4.84. The number of nitrogens with one attached hydrogen (secondary N) is 1. The topological polar surface area (TPSA) is 12.0 Å². The second kappa shape index (κ2) is 8.39. The Morgan fingerprint density at radius 1 is 1.09 bits per heavy atom. The van der Waals surface area contributed by atoms with Crippen LogP contribution in [0.15, 0.2) is 46.9 Å². The molecule has 0 radical (unpaired) electrons. The van der Waals surface area contributed by atoms with E-state index in [0.29, 0.717) is 25.1 Å². The summed E-state index contributed by atoms with van der Waals surface area (Å²) in [7, 11) is 0. The van der Waals surface area contributed by atoms with Crippen molar-refractivity contribution in [1.82, 2.24) is 5.32 Å². The summed E-state index contributed by atoms with van der Waals surface area (Å²) in [6, 6.07) is 13.3. The molecular weight excluding hydrogens is 348 g/mol. The van der Waals surface area contributed by atoms with E-state index in [4.69, 9.17) is 0 Å². The number of benzene rings is 2. The van der Waals surface area contributed by atoms with Gasteiger partial charge >= 0.3 is 0 Å². The van der Waals surface area contributed by atoms with Gasteiger partial charge in [-0.3, -0.25) is 0 Å². The van der Waals surface area contributed by atoms with E-state index in [9.17, 15) is 8.78 Å². The molecule has 0 aliphatic heterocycles. The molecule has 1 atom stereocenters. The van der Waals surface area contributed by atoms with Crippen LogP contribution < -0.4 is 5.32 Å². The first kappa shape index (κ1) is 17.1. The molecule has 1 nitrogen and oxygen atoms in total. The zero-order valence-corrected chi connectivity index (χ0v) is 14.2. The van der Waals surface area contributed by atoms with Crippen molar-refractivity contribution in [2.45, 2.75) is 19.3 Å². The Labute approximate surface area is 138 Å². The van der Waals surface area contributed by atoms with Crippen molar-refractivity contribution in [2.24, 2.45) is 0 Å². The van der Waals surface area contributed by atoms with E-state index in [1.54, 1.807) is 6.07 Å². The lowest BCUT2D eigenvalue weighted by atomic mass is 9.92. The third kappa shape index (κ3) is 4.62. The molecule has 1 unspecified atom stereocenters. The molecule has 1 N–H and O–H groups in total. The Morgan fingerprint density at radius 2 is 1.82 bits per heavy atom. The van der Waals surface area contributed by atoms with Crippen molar-refractivity contribution < 1.29 is 8.78 Å². The minimum atomic E-state index is -0.377. The standard InChI is InChI=1S/C18H20BrF2N/c1-13(15-3-5-16(19)6-4-15)17-7-2-14(12-18(17)21)8-10-22-11-9-20/h2-7,12-13,22H,8-11H2,1H3. The lowest BCUT2D eigenvalue weighted by Crippen LogP contribution is -2.19. The van der Waals surface area contributed by atoms with Crippen LogP contribution in [0.25, 0.3) is 0 Å². The van der Waals surface area contributed by atoms with Gasteiger partial charge in [0.15, 0.2) is 0 Å². The van der Waals surface area contributed by atoms with Gasteiger partial charge in [0.25, 0.3) is 0 Å². The van der Waals surface area contributed by atoms with Gasteiger partial charge in [0, 0.05) is 16.9 Å². The van der Waals surface area contributed by atoms with Crippen LogP contribution >= 0.6 is 15.9 Å². The molecule has 0 spiro atoms. The van der Waals surface area contributed by atoms with Gasteiger partial charge in [-0.1, -0.05) is 47.1 Å². The zero-order chi connectivity index (χ0) is 15.9. The molecule has 0 aliphatic rings. The summed E-state index contributed by atoms with van der Waals surface area (Å²) in [6.45, 7) is 2.63. The van der Waals surface area contributed by atoms with Gasteiger partial charge < -0.3 is 5.32 Å². The maximum atomic E-state index is 14.4. The summed E-state index contributed by atoms with van der Waals surface area (Å²) in [4.78, 5) is 0. The highest BCUT2D eigenvalue weighted by Crippen LogP contribution is 2.27. The molecule has 0 aromatic heterocycles. The van der Waals surface area contributed by atoms with E-state index in [0.717, 1.165) is 15.6 Å². The fourth-order valence-electron chi connectivity index (χ4n) is 2.43. The Bertz CT molecular complexity index is 599. The number of hydrogen-bond acceptors (Lipinski definition) is 1. The van der Waals surface area contributed by atoms with Crippen LogP contribution in [0.1, 0.15) is 29.5 Å². The van der Waals surface area contributed by atoms with Crippen LogP contribution in [-0.2, 0) is 6.42 Å². The van der Waals surface area contributed by atoms with Crippen LogP contribution in [0, 0.1) is 5.82 Å². The van der Waals surface area contributed by atoms with Gasteiger partial charge in [-0.2, -0.15) is 0 Å². The summed E-state index contributed by atoms with van der Waals surface area (Å²) in [6.07, 6.45) is 0.698. The Hall–Kier alpha value is -1.26. The molecule has 0 amide bonds. The smallest absolute Gasteiger partial charge is 0.127 e. The fraction of sp³-hybridized carbons (Fsp3) is 0.333. The van der Waals surface area contributed by atoms with Crippen molar-refractivity contribution >= 4 is 15.9 Å². The monoisotopic (exact) mass is 367 g/mol. The van der Waals surface area contributed by atoms with E-state index in [1.165, 1.54) is 0 Å². The second-order valence-electron chi connectivity index (χ2n) is 5.32. The number of hydrogen-bond donors (Lipinski definition) is 1. The maximum Gasteiger partial charge on any atom is 0.127 e. The van der Waals surface area contributed by atoms with Crippen molar-refractivity contribution in [3.63, 3.8) is 0 Å². The van der Waals surface area contributed by atoms with Crippen molar-refractivity contribution in [3.05, 3.63) is 69.4 Å². The second-order valence-corrected chi connectivity index (χ2v) is 6.23. The Morgan fingerprint density at radius 3 is 2.45 bits per heavy atom. The zero-order valence-electron chi connectivity index (χ0n) is 12.6. The summed E-state index contributed by atoms with van der Waals surface area (Å²) in [5.41, 5.74) is 2.71. The first-order valence-electron chi connectivity index (χ1n) is 7.42. The summed E-state index contributed by atoms with van der Waals surface area (Å²) in [5, 5.41) is 2.97. The van der Waals surface area contributed by atoms with Gasteiger partial charge in [-0.15, -0.1) is 0 Å². The highest BCUT2D eigenvalue weighted by molar-refractivity contribution is 9.10. The molecule has 0 heterocycles. The molecule has 4 heteroatoms. The predicted molar refractivity (Wildman–Crippen MR) is 90.6 cm³/mol. The quantitative estimate of drug-likeness (QED) is 0.690. The number of alkyl halides is 1. The summed E-state index contributed by atoms with van der Waals surface area (Å²) in [5.74, 6) is -0.176. The van der Waals surface area contributed by atoms with Crippen LogP contribution in [-0.4, -0.2) is 19.8 Å². The van der Waals surface area contributed by atoms with Gasteiger partial charge in [-0.05, 0) is 47.9 Å². The molecule has 0 saturated carbocycles. The third-order valence-electron chi connectivity index (χ3n) is 3.76. The Balaban J connectivity index is 2.07. The molecule has 0 aliphatic carbocycles. The first-order chi connectivity index (χ1) is 10.6. The van der Waals surface area contributed by atoms with Crippen LogP contribution in [0.5, 0.6) is 0 Å². The molecule has 0 fully saturated rings. The minimum Gasteiger partial charge on any atom is -0.314 e. The molecule has 118 valence electrons. The lowest BCUT2D eigenvalue weighted by Gasteiger charge is -2.14. The fourth-order valence-corrected chi connectivity index (χ4v) is 2.70. The van der Waals surface area contributed by atoms with Gasteiger partial charge in [0.05, 0.1) is 0 Å². The first-order valence-corrected chi connectivity index (χ1v) is 8.21. The van der Waals surface area contributed by atoms with Crippen LogP contribution in [0.3, 0.4) is 0 Å². The number of halogens is 3. The number of rotatable bonds is 7. The van der Waals surface area contributed by atoms with E-state index in [1.807, 2.05) is 43.3 Å².